The predicted octanol–water partition coefficient (Wildman–Crippen LogP) is 4.81. The van der Waals surface area contributed by atoms with Crippen LogP contribution in [0.5, 0.6) is 0 Å². The third-order valence-electron chi connectivity index (χ3n) is 8.88. The number of nitrogens with zero attached hydrogens (tertiary/aromatic N) is 1. The van der Waals surface area contributed by atoms with E-state index in [0.717, 1.165) is 12.8 Å². The smallest absolute Gasteiger partial charge is 0.316 e. The Morgan fingerprint density at radius 3 is 2.21 bits per heavy atom. The molecule has 9 nitrogen and oxygen atoms in total. The molecule has 0 spiro atoms. The highest BCUT2D eigenvalue weighted by atomic mass is 35.5. The molecule has 0 aromatic carbocycles. The largest absolute Gasteiger partial charge is 0.330 e. The van der Waals surface area contributed by atoms with Gasteiger partial charge in [0, 0.05) is 43.1 Å². The second-order valence-electron chi connectivity index (χ2n) is 13.8. The number of fused-ring (bicyclic) bond motifs is 1. The lowest BCUT2D eigenvalue weighted by Crippen LogP contribution is -2.61. The number of alkyl halides is 2. The van der Waals surface area contributed by atoms with Crippen LogP contribution in [0.3, 0.4) is 0 Å². The van der Waals surface area contributed by atoms with Crippen molar-refractivity contribution in [1.82, 2.24) is 15.5 Å². The van der Waals surface area contributed by atoms with Crippen LogP contribution in [0, 0.1) is 35.0 Å². The standard InChI is InChI=1S/C32H47Cl2N3O6/c1-8-10-12-21(38)26(40)19(11-9-2)15-22(39)25-23-20(32(23,33)34)16-37(25)29(42)28(31(5,6)7)36-30(43)35-24(17(3)4)27(41)18-13-14-18/h8,17-20,23-25,28H,1,9-16H2,2-7H3,(H2,35,36,43)/t19-,20+,23+,24+,25-,28-/m1/s1. The van der Waals surface area contributed by atoms with Gasteiger partial charge in [-0.3, -0.25) is 24.0 Å². The number of hydrogen-bond donors (Lipinski definition) is 2. The molecule has 0 radical (unpaired) electrons. The molecule has 0 aromatic rings. The fourth-order valence-corrected chi connectivity index (χ4v) is 6.97. The molecule has 2 aliphatic carbocycles. The van der Waals surface area contributed by atoms with Crippen molar-refractivity contribution in [2.75, 3.05) is 6.54 Å². The molecule has 3 amide bonds. The fraction of sp³-hybridized carbons (Fsp3) is 0.750. The molecule has 1 aliphatic heterocycles. The van der Waals surface area contributed by atoms with E-state index in [1.54, 1.807) is 26.8 Å². The van der Waals surface area contributed by atoms with Gasteiger partial charge in [0.15, 0.2) is 17.3 Å². The summed E-state index contributed by atoms with van der Waals surface area (Å²) in [6.45, 7) is 14.7. The third kappa shape index (κ3) is 8.07. The maximum absolute atomic E-state index is 14.1. The number of nitrogens with one attached hydrogen (secondary N) is 2. The van der Waals surface area contributed by atoms with Crippen LogP contribution in [-0.2, 0) is 24.0 Å². The number of ketones is 4. The topological polar surface area (TPSA) is 130 Å². The van der Waals surface area contributed by atoms with E-state index in [9.17, 15) is 28.8 Å². The summed E-state index contributed by atoms with van der Waals surface area (Å²) >= 11 is 13.0. The fourth-order valence-electron chi connectivity index (χ4n) is 6.14. The molecule has 240 valence electrons. The maximum atomic E-state index is 14.1. The Labute approximate surface area is 265 Å². The lowest BCUT2D eigenvalue weighted by molar-refractivity contribution is -0.144. The molecule has 0 bridgehead atoms. The van der Waals surface area contributed by atoms with Gasteiger partial charge in [-0.2, -0.15) is 0 Å². The van der Waals surface area contributed by atoms with E-state index < -0.39 is 63.2 Å². The molecular formula is C32H47Cl2N3O6. The SMILES string of the molecule is C=CCCC(=O)C(=O)[C@H](CCC)CC(=O)[C@@H]1[C@@H]2[C@H](CN1C(=O)[C@@H](NC(=O)N[C@H](C(=O)C1CC1)C(C)C)C(C)(C)C)C2(Cl)Cl. The molecule has 3 aliphatic rings. The Kier molecular flexibility index (Phi) is 11.3. The number of carbonyl (C=O) groups excluding carboxylic acids is 6. The Hall–Kier alpha value is -2.26. The van der Waals surface area contributed by atoms with Crippen molar-refractivity contribution in [1.29, 1.82) is 0 Å². The highest BCUT2D eigenvalue weighted by Gasteiger charge is 2.73. The molecule has 0 aromatic heterocycles. The molecule has 0 unspecified atom stereocenters. The highest BCUT2D eigenvalue weighted by Crippen LogP contribution is 2.65. The first kappa shape index (κ1) is 35.2. The van der Waals surface area contributed by atoms with Crippen LogP contribution in [0.2, 0.25) is 0 Å². The number of halogens is 2. The van der Waals surface area contributed by atoms with Crippen molar-refractivity contribution in [3.05, 3.63) is 12.7 Å². The molecule has 1 saturated heterocycles. The van der Waals surface area contributed by atoms with Crippen LogP contribution in [0.15, 0.2) is 12.7 Å². The lowest BCUT2D eigenvalue weighted by atomic mass is 9.84. The van der Waals surface area contributed by atoms with Crippen molar-refractivity contribution < 1.29 is 28.8 Å². The number of hydrogen-bond acceptors (Lipinski definition) is 6. The number of amides is 3. The molecule has 3 fully saturated rings. The van der Waals surface area contributed by atoms with Crippen molar-refractivity contribution in [2.24, 2.45) is 35.0 Å². The van der Waals surface area contributed by atoms with Gasteiger partial charge in [0.2, 0.25) is 11.7 Å². The third-order valence-corrected chi connectivity index (χ3v) is 9.94. The first-order valence-electron chi connectivity index (χ1n) is 15.5. The number of urea groups is 1. The normalized spacial score (nSPS) is 24.4. The number of Topliss-reactive ketones (excluding diaryl/α,β-unsaturated/α-hetero) is 4. The highest BCUT2D eigenvalue weighted by molar-refractivity contribution is 6.51. The molecule has 1 heterocycles. The average molecular weight is 641 g/mol. The zero-order valence-electron chi connectivity index (χ0n) is 26.2. The van der Waals surface area contributed by atoms with Gasteiger partial charge in [-0.05, 0) is 37.0 Å². The quantitative estimate of drug-likeness (QED) is 0.142. The summed E-state index contributed by atoms with van der Waals surface area (Å²) in [6, 6.07) is -3.33. The Balaban J connectivity index is 1.80. The zero-order chi connectivity index (χ0) is 32.4. The van der Waals surface area contributed by atoms with Gasteiger partial charge in [0.25, 0.3) is 0 Å². The van der Waals surface area contributed by atoms with Crippen LogP contribution < -0.4 is 10.6 Å². The summed E-state index contributed by atoms with van der Waals surface area (Å²) in [5, 5.41) is 5.55. The second kappa shape index (κ2) is 13.8. The number of allylic oxidation sites excluding steroid dienone is 1. The van der Waals surface area contributed by atoms with Gasteiger partial charge in [-0.25, -0.2) is 4.79 Å². The first-order chi connectivity index (χ1) is 20.0. The van der Waals surface area contributed by atoms with Gasteiger partial charge in [0.1, 0.15) is 10.4 Å². The minimum absolute atomic E-state index is 0.00574. The number of likely N-dealkylation sites (tertiary alicyclic amines) is 1. The predicted molar refractivity (Wildman–Crippen MR) is 166 cm³/mol. The van der Waals surface area contributed by atoms with E-state index in [4.69, 9.17) is 23.2 Å². The Morgan fingerprint density at radius 2 is 1.70 bits per heavy atom. The summed E-state index contributed by atoms with van der Waals surface area (Å²) in [7, 11) is 0. The van der Waals surface area contributed by atoms with Gasteiger partial charge < -0.3 is 15.5 Å². The average Bonchev–Trinajstić information content (AvgIpc) is 3.80. The summed E-state index contributed by atoms with van der Waals surface area (Å²) in [4.78, 5) is 80.8. The molecule has 2 N–H and O–H groups in total. The Bertz CT molecular complexity index is 1140. The van der Waals surface area contributed by atoms with Gasteiger partial charge in [-0.1, -0.05) is 54.0 Å². The van der Waals surface area contributed by atoms with E-state index in [-0.39, 0.29) is 48.7 Å². The van der Waals surface area contributed by atoms with E-state index in [0.29, 0.717) is 19.3 Å². The van der Waals surface area contributed by atoms with Crippen LogP contribution in [0.25, 0.3) is 0 Å². The van der Waals surface area contributed by atoms with E-state index in [2.05, 4.69) is 17.2 Å². The molecular weight excluding hydrogens is 593 g/mol. The van der Waals surface area contributed by atoms with Crippen LogP contribution in [0.1, 0.15) is 86.5 Å². The zero-order valence-corrected chi connectivity index (χ0v) is 27.7. The number of rotatable bonds is 16. The minimum atomic E-state index is -1.18. The summed E-state index contributed by atoms with van der Waals surface area (Å²) in [6.07, 6.45) is 4.35. The van der Waals surface area contributed by atoms with Crippen molar-refractivity contribution in [3.8, 4) is 0 Å². The van der Waals surface area contributed by atoms with Crippen LogP contribution >= 0.6 is 23.2 Å². The number of piperidine rings is 1. The van der Waals surface area contributed by atoms with Crippen molar-refractivity contribution in [2.45, 2.75) is 109 Å². The maximum Gasteiger partial charge on any atom is 0.316 e. The molecule has 43 heavy (non-hydrogen) atoms. The van der Waals surface area contributed by atoms with Crippen LogP contribution in [0.4, 0.5) is 4.79 Å². The monoisotopic (exact) mass is 639 g/mol. The molecule has 6 atom stereocenters. The minimum Gasteiger partial charge on any atom is -0.330 e. The van der Waals surface area contributed by atoms with Gasteiger partial charge >= 0.3 is 6.03 Å². The summed E-state index contributed by atoms with van der Waals surface area (Å²) in [5.74, 6) is -3.79. The Morgan fingerprint density at radius 1 is 1.07 bits per heavy atom. The first-order valence-corrected chi connectivity index (χ1v) is 16.2. The lowest BCUT2D eigenvalue weighted by Gasteiger charge is -2.37. The van der Waals surface area contributed by atoms with E-state index in [1.807, 2.05) is 20.8 Å². The summed E-state index contributed by atoms with van der Waals surface area (Å²) < 4.78 is -1.18. The molecule has 11 heteroatoms. The van der Waals surface area contributed by atoms with Gasteiger partial charge in [-0.15, -0.1) is 29.8 Å². The molecule has 3 rings (SSSR count). The van der Waals surface area contributed by atoms with Gasteiger partial charge in [0.05, 0.1) is 12.1 Å². The van der Waals surface area contributed by atoms with E-state index in [1.165, 1.54) is 4.90 Å². The second-order valence-corrected chi connectivity index (χ2v) is 15.3. The summed E-state index contributed by atoms with van der Waals surface area (Å²) in [5.41, 5.74) is -0.750. The van der Waals surface area contributed by atoms with E-state index >= 15 is 0 Å². The van der Waals surface area contributed by atoms with Crippen molar-refractivity contribution in [3.63, 3.8) is 0 Å². The van der Waals surface area contributed by atoms with Crippen LogP contribution in [-0.4, -0.2) is 69.0 Å². The number of carbonyl (C=O) groups is 6. The molecule has 2 saturated carbocycles. The van der Waals surface area contributed by atoms with Crippen molar-refractivity contribution >= 4 is 58.3 Å².